The molecule has 1 aromatic rings. The second-order valence-electron chi connectivity index (χ2n) is 4.80. The molecule has 0 amide bonds. The van der Waals surface area contributed by atoms with Gasteiger partial charge in [-0.25, -0.2) is 18.3 Å². The van der Waals surface area contributed by atoms with Gasteiger partial charge in [0.25, 0.3) is 6.43 Å². The number of carbonyl (C=O) groups is 1. The Balaban J connectivity index is 2.22. The van der Waals surface area contributed by atoms with Gasteiger partial charge < -0.3 is 14.6 Å². The molecule has 20 heavy (non-hydrogen) atoms. The molecule has 0 spiro atoms. The van der Waals surface area contributed by atoms with Gasteiger partial charge in [-0.05, 0) is 36.4 Å². The quantitative estimate of drug-likeness (QED) is 0.781. The molecule has 2 rings (SSSR count). The third-order valence-corrected chi connectivity index (χ3v) is 3.90. The number of carboxylic acids is 1. The first-order valence-corrected chi connectivity index (χ1v) is 6.89. The van der Waals surface area contributed by atoms with E-state index in [4.69, 9.17) is 14.6 Å². The van der Waals surface area contributed by atoms with Crippen LogP contribution in [0.4, 0.5) is 8.78 Å². The topological polar surface area (TPSA) is 73.6 Å². The number of aliphatic carboxylic acids is 1. The van der Waals surface area contributed by atoms with Crippen molar-refractivity contribution in [3.8, 4) is 5.88 Å². The van der Waals surface area contributed by atoms with E-state index in [1.807, 2.05) is 0 Å². The molecule has 1 N–H and O–H groups in total. The zero-order valence-corrected chi connectivity index (χ0v) is 12.9. The van der Waals surface area contributed by atoms with Crippen molar-refractivity contribution in [2.45, 2.75) is 38.5 Å². The van der Waals surface area contributed by atoms with E-state index in [-0.39, 0.29) is 28.3 Å². The van der Waals surface area contributed by atoms with Crippen molar-refractivity contribution in [1.82, 2.24) is 9.78 Å². The minimum absolute atomic E-state index is 0.0784. The molecule has 1 unspecified atom stereocenters. The number of fused-ring (bicyclic) bond motifs is 1. The van der Waals surface area contributed by atoms with E-state index in [1.54, 1.807) is 29.5 Å². The van der Waals surface area contributed by atoms with Crippen molar-refractivity contribution < 1.29 is 28.2 Å². The molecule has 0 saturated carbocycles. The summed E-state index contributed by atoms with van der Waals surface area (Å²) in [6, 6.07) is 0. The fourth-order valence-corrected chi connectivity index (χ4v) is 2.74. The fraction of sp³-hybridized carbons (Fsp3) is 0.636. The Kier molecular flexibility index (Phi) is 4.19. The normalized spacial score (nSPS) is 23.3. The van der Waals surface area contributed by atoms with Crippen LogP contribution in [0, 0.1) is 3.57 Å². The van der Waals surface area contributed by atoms with E-state index < -0.39 is 24.1 Å². The van der Waals surface area contributed by atoms with Crippen LogP contribution in [0.15, 0.2) is 0 Å². The second kappa shape index (κ2) is 5.43. The van der Waals surface area contributed by atoms with Crippen LogP contribution >= 0.6 is 22.6 Å². The third kappa shape index (κ3) is 2.87. The molecule has 0 fully saturated rings. The molecule has 2 atom stereocenters. The lowest BCUT2D eigenvalue weighted by Crippen LogP contribution is -2.47. The lowest BCUT2D eigenvalue weighted by atomic mass is 10.1. The van der Waals surface area contributed by atoms with Crippen LogP contribution in [-0.2, 0) is 16.1 Å². The smallest absolute Gasteiger partial charge is 0.332 e. The molecule has 0 bridgehead atoms. The average Bonchev–Trinajstić information content (AvgIpc) is 2.65. The fourth-order valence-electron chi connectivity index (χ4n) is 1.96. The molecule has 0 aromatic carbocycles. The van der Waals surface area contributed by atoms with Gasteiger partial charge in [0.2, 0.25) is 5.88 Å². The minimum Gasteiger partial charge on any atom is -0.479 e. The molecule has 0 radical (unpaired) electrons. The maximum atomic E-state index is 12.8. The van der Waals surface area contributed by atoms with Crippen LogP contribution in [0.3, 0.4) is 0 Å². The number of ether oxygens (including phenoxy) is 2. The molecular weight excluding hydrogens is 389 g/mol. The van der Waals surface area contributed by atoms with Crippen molar-refractivity contribution in [2.75, 3.05) is 6.61 Å². The van der Waals surface area contributed by atoms with Crippen LogP contribution in [0.5, 0.6) is 5.88 Å². The van der Waals surface area contributed by atoms with E-state index in [2.05, 4.69) is 5.10 Å². The first kappa shape index (κ1) is 15.4. The molecule has 1 aromatic heterocycles. The van der Waals surface area contributed by atoms with E-state index in [0.29, 0.717) is 0 Å². The van der Waals surface area contributed by atoms with Crippen LogP contribution in [-0.4, -0.2) is 39.2 Å². The van der Waals surface area contributed by atoms with Gasteiger partial charge in [-0.15, -0.1) is 0 Å². The third-order valence-electron chi connectivity index (χ3n) is 2.89. The summed E-state index contributed by atoms with van der Waals surface area (Å²) in [5.74, 6) is -0.828. The predicted molar refractivity (Wildman–Crippen MR) is 72.0 cm³/mol. The summed E-state index contributed by atoms with van der Waals surface area (Å²) in [7, 11) is 0. The summed E-state index contributed by atoms with van der Waals surface area (Å²) in [4.78, 5) is 10.8. The van der Waals surface area contributed by atoms with Crippen LogP contribution in [0.2, 0.25) is 0 Å². The summed E-state index contributed by atoms with van der Waals surface area (Å²) in [5, 5.41) is 12.7. The molecule has 1 aliphatic rings. The zero-order valence-electron chi connectivity index (χ0n) is 10.8. The predicted octanol–water partition coefficient (Wildman–Crippen LogP) is 2.07. The number of nitrogens with zero attached hydrogens (tertiary/aromatic N) is 2. The van der Waals surface area contributed by atoms with Gasteiger partial charge in [0.15, 0.2) is 6.10 Å². The highest BCUT2D eigenvalue weighted by atomic mass is 127. The standard InChI is InChI=1S/C11H13F2IN2O4/c1-5(10(17)18)20-11(2)3-16-9(19-4-11)6(14)7(15-16)8(12)13/h5,8H,3-4H2,1-2H3,(H,17,18)/t5-,11?/m0/s1. The lowest BCUT2D eigenvalue weighted by molar-refractivity contribution is -0.169. The van der Waals surface area contributed by atoms with Crippen molar-refractivity contribution in [2.24, 2.45) is 0 Å². The summed E-state index contributed by atoms with van der Waals surface area (Å²) < 4.78 is 38.0. The van der Waals surface area contributed by atoms with Crippen LogP contribution < -0.4 is 4.74 Å². The summed E-state index contributed by atoms with van der Waals surface area (Å²) in [6.45, 7) is 3.30. The van der Waals surface area contributed by atoms with E-state index in [9.17, 15) is 13.6 Å². The van der Waals surface area contributed by atoms with E-state index >= 15 is 0 Å². The van der Waals surface area contributed by atoms with Gasteiger partial charge in [-0.2, -0.15) is 5.10 Å². The van der Waals surface area contributed by atoms with E-state index in [0.717, 1.165) is 0 Å². The minimum atomic E-state index is -2.69. The van der Waals surface area contributed by atoms with Gasteiger partial charge in [0.1, 0.15) is 21.5 Å². The Morgan fingerprint density at radius 1 is 1.65 bits per heavy atom. The summed E-state index contributed by atoms with van der Waals surface area (Å²) in [5.41, 5.74) is -1.27. The Labute approximate surface area is 127 Å². The number of aromatic nitrogens is 2. The maximum Gasteiger partial charge on any atom is 0.332 e. The van der Waals surface area contributed by atoms with Gasteiger partial charge in [0.05, 0.1) is 6.54 Å². The van der Waals surface area contributed by atoms with Crippen molar-refractivity contribution in [1.29, 1.82) is 0 Å². The Bertz CT molecular complexity index is 537. The molecule has 112 valence electrons. The van der Waals surface area contributed by atoms with Crippen LogP contribution in [0.1, 0.15) is 26.0 Å². The SMILES string of the molecule is C[C@H](OC1(C)COc2c(I)c(C(F)F)nn2C1)C(=O)O. The summed E-state index contributed by atoms with van der Waals surface area (Å²) in [6.07, 6.45) is -3.71. The number of halogens is 3. The van der Waals surface area contributed by atoms with Gasteiger partial charge in [-0.1, -0.05) is 0 Å². The number of alkyl halides is 2. The number of carboxylic acid groups (broad SMARTS) is 1. The highest BCUT2D eigenvalue weighted by Gasteiger charge is 2.38. The second-order valence-corrected chi connectivity index (χ2v) is 5.88. The van der Waals surface area contributed by atoms with E-state index in [1.165, 1.54) is 11.6 Å². The van der Waals surface area contributed by atoms with Gasteiger partial charge in [0, 0.05) is 0 Å². The largest absolute Gasteiger partial charge is 0.479 e. The molecule has 1 aliphatic heterocycles. The number of hydrogen-bond donors (Lipinski definition) is 1. The highest BCUT2D eigenvalue weighted by molar-refractivity contribution is 14.1. The molecule has 9 heteroatoms. The molecule has 2 heterocycles. The molecular formula is C11H13F2IN2O4. The highest BCUT2D eigenvalue weighted by Crippen LogP contribution is 2.35. The average molecular weight is 402 g/mol. The monoisotopic (exact) mass is 402 g/mol. The lowest BCUT2D eigenvalue weighted by Gasteiger charge is -2.35. The molecule has 0 aliphatic carbocycles. The van der Waals surface area contributed by atoms with Gasteiger partial charge >= 0.3 is 5.97 Å². The Morgan fingerprint density at radius 3 is 2.85 bits per heavy atom. The van der Waals surface area contributed by atoms with Crippen molar-refractivity contribution >= 4 is 28.6 Å². The Morgan fingerprint density at radius 2 is 2.30 bits per heavy atom. The number of rotatable bonds is 4. The molecule has 0 saturated heterocycles. The number of hydrogen-bond acceptors (Lipinski definition) is 4. The summed E-state index contributed by atoms with van der Waals surface area (Å²) >= 11 is 1.76. The first-order valence-electron chi connectivity index (χ1n) is 5.81. The van der Waals surface area contributed by atoms with Gasteiger partial charge in [-0.3, -0.25) is 0 Å². The zero-order chi connectivity index (χ0) is 15.1. The maximum absolute atomic E-state index is 12.8. The first-order chi connectivity index (χ1) is 9.23. The van der Waals surface area contributed by atoms with Crippen LogP contribution in [0.25, 0.3) is 0 Å². The molecule has 6 nitrogen and oxygen atoms in total. The van der Waals surface area contributed by atoms with Crippen molar-refractivity contribution in [3.63, 3.8) is 0 Å². The van der Waals surface area contributed by atoms with Crippen molar-refractivity contribution in [3.05, 3.63) is 9.26 Å². The Hall–Kier alpha value is -0.970.